The van der Waals surface area contributed by atoms with E-state index in [1.165, 1.54) is 17.3 Å². The summed E-state index contributed by atoms with van der Waals surface area (Å²) in [5.41, 5.74) is 5.52. The minimum absolute atomic E-state index is 0.160. The topological polar surface area (TPSA) is 84.2 Å². The van der Waals surface area contributed by atoms with Crippen LogP contribution in [0.3, 0.4) is 0 Å². The van der Waals surface area contributed by atoms with E-state index in [0.717, 1.165) is 17.1 Å². The number of hydrogen-bond donors (Lipinski definition) is 2. The van der Waals surface area contributed by atoms with E-state index in [9.17, 15) is 4.79 Å². The van der Waals surface area contributed by atoms with Gasteiger partial charge in [-0.3, -0.25) is 4.79 Å². The van der Waals surface area contributed by atoms with Gasteiger partial charge < -0.3 is 9.88 Å². The molecule has 0 unspecified atom stereocenters. The van der Waals surface area contributed by atoms with Gasteiger partial charge in [0, 0.05) is 17.3 Å². The summed E-state index contributed by atoms with van der Waals surface area (Å²) in [5, 5.41) is 17.0. The fraction of sp³-hybridized carbons (Fsp3) is 0.182. The number of anilines is 1. The molecule has 0 spiro atoms. The molecule has 160 valence electrons. The van der Waals surface area contributed by atoms with Crippen molar-refractivity contribution in [2.75, 3.05) is 11.1 Å². The Kier molecular flexibility index (Phi) is 8.26. The number of aryl methyl sites for hydroxylation is 1. The Morgan fingerprint density at radius 2 is 2.06 bits per heavy atom. The lowest BCUT2D eigenvalue weighted by molar-refractivity contribution is -0.118. The van der Waals surface area contributed by atoms with Crippen molar-refractivity contribution in [2.45, 2.75) is 25.2 Å². The number of carbonyl (C=O) groups excluding carboxylic acids is 1. The third-order valence-corrected chi connectivity index (χ3v) is 5.39. The Morgan fingerprint density at radius 1 is 1.26 bits per heavy atom. The zero-order chi connectivity index (χ0) is 22.1. The van der Waals surface area contributed by atoms with Crippen LogP contribution in [0.4, 0.5) is 5.69 Å². The number of allylic oxidation sites excluding steroid dienone is 1. The largest absolute Gasteiger partial charge is 0.378 e. The summed E-state index contributed by atoms with van der Waals surface area (Å²) in [6.07, 6.45) is 3.32. The number of hydrogen-bond acceptors (Lipinski definition) is 6. The van der Waals surface area contributed by atoms with E-state index >= 15 is 0 Å². The van der Waals surface area contributed by atoms with Crippen molar-refractivity contribution in [3.8, 4) is 0 Å². The summed E-state index contributed by atoms with van der Waals surface area (Å²) < 4.78 is 1.93. The van der Waals surface area contributed by atoms with E-state index in [0.29, 0.717) is 23.3 Å². The van der Waals surface area contributed by atoms with Crippen LogP contribution < -0.4 is 10.7 Å². The van der Waals surface area contributed by atoms with Crippen molar-refractivity contribution in [1.29, 1.82) is 0 Å². The van der Waals surface area contributed by atoms with Crippen molar-refractivity contribution in [2.24, 2.45) is 5.10 Å². The van der Waals surface area contributed by atoms with Crippen LogP contribution in [0.2, 0.25) is 5.02 Å². The molecule has 3 rings (SSSR count). The third-order valence-electron chi connectivity index (χ3n) is 4.19. The molecule has 1 aromatic heterocycles. The molecule has 0 atom stereocenters. The molecule has 1 heterocycles. The quantitative estimate of drug-likeness (QED) is 0.207. The first kappa shape index (κ1) is 22.6. The standard InChI is InChI=1S/C22H23ClN6OS/c1-3-11-29-20(14-24-19-9-7-16(2)8-10-19)26-28-22(29)31-15-21(30)27-25-13-17-5-4-6-18(23)12-17/h3-10,12-13,24H,1,11,14-15H2,2H3,(H,27,30)/b25-13-. The van der Waals surface area contributed by atoms with Crippen LogP contribution in [-0.2, 0) is 17.9 Å². The van der Waals surface area contributed by atoms with E-state index < -0.39 is 0 Å². The third kappa shape index (κ3) is 6.97. The van der Waals surface area contributed by atoms with Gasteiger partial charge in [0.1, 0.15) is 0 Å². The molecule has 7 nitrogen and oxygen atoms in total. The predicted molar refractivity (Wildman–Crippen MR) is 127 cm³/mol. The Bertz CT molecular complexity index is 1060. The lowest BCUT2D eigenvalue weighted by Crippen LogP contribution is -2.20. The van der Waals surface area contributed by atoms with Crippen LogP contribution in [0, 0.1) is 6.92 Å². The molecule has 0 aliphatic heterocycles. The minimum atomic E-state index is -0.240. The van der Waals surface area contributed by atoms with Crippen LogP contribution in [0.5, 0.6) is 0 Å². The van der Waals surface area contributed by atoms with Crippen molar-refractivity contribution in [1.82, 2.24) is 20.2 Å². The van der Waals surface area contributed by atoms with Gasteiger partial charge in [0.2, 0.25) is 0 Å². The molecule has 0 saturated carbocycles. The summed E-state index contributed by atoms with van der Waals surface area (Å²) in [7, 11) is 0. The average Bonchev–Trinajstić information content (AvgIpc) is 3.14. The van der Waals surface area contributed by atoms with Crippen molar-refractivity contribution in [3.63, 3.8) is 0 Å². The van der Waals surface area contributed by atoms with Crippen molar-refractivity contribution < 1.29 is 4.79 Å². The summed E-state index contributed by atoms with van der Waals surface area (Å²) in [6, 6.07) is 15.3. The number of halogens is 1. The fourth-order valence-corrected chi connectivity index (χ4v) is 3.61. The number of benzene rings is 2. The first-order chi connectivity index (χ1) is 15.0. The van der Waals surface area contributed by atoms with E-state index in [1.54, 1.807) is 24.4 Å². The maximum absolute atomic E-state index is 12.1. The molecule has 9 heteroatoms. The molecule has 0 saturated heterocycles. The van der Waals surface area contributed by atoms with Crippen LogP contribution in [0.1, 0.15) is 17.0 Å². The Balaban J connectivity index is 1.54. The molecular formula is C22H23ClN6OS. The second kappa shape index (κ2) is 11.3. The monoisotopic (exact) mass is 454 g/mol. The van der Waals surface area contributed by atoms with E-state index in [4.69, 9.17) is 11.6 Å². The second-order valence-electron chi connectivity index (χ2n) is 6.65. The molecule has 31 heavy (non-hydrogen) atoms. The Labute approximate surface area is 190 Å². The first-order valence-electron chi connectivity index (χ1n) is 9.59. The van der Waals surface area contributed by atoms with Gasteiger partial charge in [-0.25, -0.2) is 5.43 Å². The van der Waals surface area contributed by atoms with Crippen LogP contribution >= 0.6 is 23.4 Å². The zero-order valence-electron chi connectivity index (χ0n) is 17.1. The van der Waals surface area contributed by atoms with Crippen LogP contribution in [0.15, 0.2) is 71.4 Å². The van der Waals surface area contributed by atoms with Crippen LogP contribution in [0.25, 0.3) is 0 Å². The van der Waals surface area contributed by atoms with Crippen molar-refractivity contribution >= 4 is 41.2 Å². The summed E-state index contributed by atoms with van der Waals surface area (Å²) in [6.45, 7) is 6.92. The average molecular weight is 455 g/mol. The number of amides is 1. The molecule has 0 aliphatic carbocycles. The number of nitrogens with zero attached hydrogens (tertiary/aromatic N) is 4. The lowest BCUT2D eigenvalue weighted by Gasteiger charge is -2.09. The highest BCUT2D eigenvalue weighted by molar-refractivity contribution is 7.99. The molecule has 0 radical (unpaired) electrons. The van der Waals surface area contributed by atoms with Gasteiger partial charge in [-0.05, 0) is 36.8 Å². The molecular weight excluding hydrogens is 432 g/mol. The SMILES string of the molecule is C=CCn1c(CNc2ccc(C)cc2)nnc1SCC(=O)N/N=C\c1cccc(Cl)c1. The smallest absolute Gasteiger partial charge is 0.250 e. The summed E-state index contributed by atoms with van der Waals surface area (Å²) >= 11 is 7.23. The number of hydrazone groups is 1. The Morgan fingerprint density at radius 3 is 2.81 bits per heavy atom. The normalized spacial score (nSPS) is 10.9. The summed E-state index contributed by atoms with van der Waals surface area (Å²) in [5.74, 6) is 0.686. The Hall–Kier alpha value is -3.10. The van der Waals surface area contributed by atoms with Gasteiger partial charge in [-0.15, -0.1) is 16.8 Å². The fourth-order valence-electron chi connectivity index (χ4n) is 2.65. The van der Waals surface area contributed by atoms with Crippen LogP contribution in [-0.4, -0.2) is 32.6 Å². The number of thioether (sulfide) groups is 1. The number of carbonyl (C=O) groups is 1. The van der Waals surface area contributed by atoms with E-state index in [1.807, 2.05) is 47.9 Å². The maximum atomic E-state index is 12.1. The minimum Gasteiger partial charge on any atom is -0.378 e. The van der Waals surface area contributed by atoms with Gasteiger partial charge in [0.25, 0.3) is 5.91 Å². The highest BCUT2D eigenvalue weighted by atomic mass is 35.5. The van der Waals surface area contributed by atoms with Crippen molar-refractivity contribution in [3.05, 3.63) is 83.2 Å². The molecule has 2 N–H and O–H groups in total. The molecule has 0 aliphatic rings. The number of rotatable bonds is 10. The van der Waals surface area contributed by atoms with E-state index in [2.05, 4.69) is 32.6 Å². The second-order valence-corrected chi connectivity index (χ2v) is 8.03. The van der Waals surface area contributed by atoms with Gasteiger partial charge in [-0.2, -0.15) is 5.10 Å². The first-order valence-corrected chi connectivity index (χ1v) is 11.0. The van der Waals surface area contributed by atoms with Gasteiger partial charge >= 0.3 is 0 Å². The zero-order valence-corrected chi connectivity index (χ0v) is 18.7. The lowest BCUT2D eigenvalue weighted by atomic mass is 10.2. The predicted octanol–water partition coefficient (Wildman–Crippen LogP) is 4.28. The molecule has 3 aromatic rings. The molecule has 0 bridgehead atoms. The highest BCUT2D eigenvalue weighted by Gasteiger charge is 2.13. The number of nitrogens with one attached hydrogen (secondary N) is 2. The molecule has 1 amide bonds. The van der Waals surface area contributed by atoms with Gasteiger partial charge in [-0.1, -0.05) is 59.3 Å². The van der Waals surface area contributed by atoms with Gasteiger partial charge in [0.15, 0.2) is 11.0 Å². The summed E-state index contributed by atoms with van der Waals surface area (Å²) in [4.78, 5) is 12.1. The highest BCUT2D eigenvalue weighted by Crippen LogP contribution is 2.18. The van der Waals surface area contributed by atoms with Gasteiger partial charge in [0.05, 0.1) is 18.5 Å². The van der Waals surface area contributed by atoms with E-state index in [-0.39, 0.29) is 11.7 Å². The maximum Gasteiger partial charge on any atom is 0.250 e. The molecule has 0 fully saturated rings. The number of aromatic nitrogens is 3. The molecule has 2 aromatic carbocycles.